The monoisotopic (exact) mass is 710 g/mol. The minimum absolute atomic E-state index is 0.0237. The summed E-state index contributed by atoms with van der Waals surface area (Å²) in [7, 11) is 0. The van der Waals surface area contributed by atoms with Crippen molar-refractivity contribution in [2.75, 3.05) is 5.32 Å². The molecule has 5 heterocycles. The van der Waals surface area contributed by atoms with Crippen LogP contribution in [-0.4, -0.2) is 40.2 Å². The van der Waals surface area contributed by atoms with Crippen molar-refractivity contribution in [3.8, 4) is 28.1 Å². The summed E-state index contributed by atoms with van der Waals surface area (Å²) < 4.78 is 88.2. The number of nitrogens with zero attached hydrogens (tertiary/aromatic N) is 7. The Balaban J connectivity index is 1.56. The number of carbonyl (C=O) groups excluding carboxylic acids is 1. The van der Waals surface area contributed by atoms with Crippen LogP contribution >= 0.6 is 23.2 Å². The highest BCUT2D eigenvalue weighted by Crippen LogP contribution is 2.41. The Morgan fingerprint density at radius 2 is 1.73 bits per heavy atom. The Bertz CT molecular complexity index is 2090. The third-order valence-corrected chi connectivity index (χ3v) is 8.32. The van der Waals surface area contributed by atoms with E-state index in [2.05, 4.69) is 25.7 Å². The molecule has 0 saturated heterocycles. The zero-order chi connectivity index (χ0) is 34.5. The molecule has 1 aromatic carbocycles. The maximum atomic E-state index is 14.8. The largest absolute Gasteiger partial charge is 0.505 e. The van der Waals surface area contributed by atoms with Crippen molar-refractivity contribution in [2.45, 2.75) is 44.7 Å². The third kappa shape index (κ3) is 6.41. The van der Waals surface area contributed by atoms with E-state index < -0.39 is 52.7 Å². The molecule has 0 radical (unpaired) electrons. The van der Waals surface area contributed by atoms with Gasteiger partial charge in [-0.2, -0.15) is 23.0 Å². The summed E-state index contributed by atoms with van der Waals surface area (Å²) >= 11 is 12.1. The van der Waals surface area contributed by atoms with Crippen LogP contribution in [-0.2, 0) is 17.3 Å². The van der Waals surface area contributed by atoms with Gasteiger partial charge in [-0.3, -0.25) is 14.6 Å². The molecule has 1 N–H and O–H groups in total. The van der Waals surface area contributed by atoms with Crippen LogP contribution < -0.4 is 10.9 Å². The van der Waals surface area contributed by atoms with Crippen LogP contribution in [0.2, 0.25) is 10.2 Å². The molecule has 250 valence electrons. The molecule has 1 amide bonds. The van der Waals surface area contributed by atoms with Crippen LogP contribution in [0.15, 0.2) is 66.0 Å². The summed E-state index contributed by atoms with van der Waals surface area (Å²) in [5.41, 5.74) is -3.35. The van der Waals surface area contributed by atoms with Gasteiger partial charge in [-0.15, -0.1) is 18.3 Å². The molecule has 1 aliphatic rings. The first-order valence-corrected chi connectivity index (χ1v) is 15.0. The standard InChI is InChI=1S/C30H22Cl2F6N8O2/c1-15-3-2-4-24(21-9-16(7-8-39-21)27-22(41-28(15)48)12-40-46(27)30(36,37)38)44-13-20(29(33,34)35)18(11-26(44)47)19-10-17(31)5-6-23(19)45-14-25(32)42-43-45/h5-15,24H,2-4H2,1H3,(H,41,48)/t15-,24+/m1/s1. The molecular formula is C30H22Cl2F6N8O2. The van der Waals surface area contributed by atoms with Crippen molar-refractivity contribution < 1.29 is 31.1 Å². The molecule has 6 rings (SSSR count). The van der Waals surface area contributed by atoms with Crippen molar-refractivity contribution in [1.29, 1.82) is 0 Å². The first-order valence-electron chi connectivity index (χ1n) is 14.3. The fourth-order valence-corrected chi connectivity index (χ4v) is 5.95. The van der Waals surface area contributed by atoms with Crippen molar-refractivity contribution in [3.63, 3.8) is 0 Å². The molecule has 0 spiro atoms. The van der Waals surface area contributed by atoms with Gasteiger partial charge in [0.2, 0.25) is 5.91 Å². The van der Waals surface area contributed by atoms with Crippen molar-refractivity contribution >= 4 is 34.8 Å². The SMILES string of the molecule is C[C@@H]1CCC[C@H](n2cc(C(F)(F)F)c(-c3cc(Cl)ccc3-n3cc(Cl)nn3)cc2=O)c2cc(ccn2)-c2c(cnn2C(F)(F)F)NC1=O. The van der Waals surface area contributed by atoms with E-state index in [0.29, 0.717) is 6.20 Å². The van der Waals surface area contributed by atoms with Crippen LogP contribution in [0.25, 0.3) is 28.1 Å². The van der Waals surface area contributed by atoms with Gasteiger partial charge in [-0.05, 0) is 43.2 Å². The number of rotatable bonds is 3. The van der Waals surface area contributed by atoms with Crippen LogP contribution in [0.4, 0.5) is 32.0 Å². The maximum Gasteiger partial charge on any atom is 0.505 e. The Kier molecular flexibility index (Phi) is 8.57. The number of pyridine rings is 2. The van der Waals surface area contributed by atoms with Crippen LogP contribution in [0.5, 0.6) is 0 Å². The second-order valence-corrected chi connectivity index (χ2v) is 11.9. The van der Waals surface area contributed by atoms with Gasteiger partial charge < -0.3 is 9.88 Å². The van der Waals surface area contributed by atoms with E-state index >= 15 is 0 Å². The van der Waals surface area contributed by atoms with Gasteiger partial charge in [0.25, 0.3) is 5.56 Å². The highest BCUT2D eigenvalue weighted by Gasteiger charge is 2.38. The minimum Gasteiger partial charge on any atom is -0.323 e. The lowest BCUT2D eigenvalue weighted by Gasteiger charge is -2.24. The van der Waals surface area contributed by atoms with Crippen molar-refractivity contribution in [3.05, 3.63) is 93.0 Å². The molecule has 2 bridgehead atoms. The lowest BCUT2D eigenvalue weighted by molar-refractivity contribution is -0.211. The Hall–Kier alpha value is -4.70. The highest BCUT2D eigenvalue weighted by atomic mass is 35.5. The van der Waals surface area contributed by atoms with E-state index in [1.165, 1.54) is 42.7 Å². The van der Waals surface area contributed by atoms with Gasteiger partial charge in [0.1, 0.15) is 5.69 Å². The average molecular weight is 711 g/mol. The topological polar surface area (TPSA) is 113 Å². The number of fused-ring (bicyclic) bond motifs is 4. The number of amides is 1. The van der Waals surface area contributed by atoms with E-state index in [0.717, 1.165) is 21.5 Å². The first-order chi connectivity index (χ1) is 22.6. The normalized spacial score (nSPS) is 17.3. The zero-order valence-electron chi connectivity index (χ0n) is 24.5. The van der Waals surface area contributed by atoms with Gasteiger partial charge in [0.05, 0.1) is 41.1 Å². The number of benzene rings is 1. The maximum absolute atomic E-state index is 14.8. The summed E-state index contributed by atoms with van der Waals surface area (Å²) in [6.45, 7) is 1.56. The Morgan fingerprint density at radius 1 is 0.958 bits per heavy atom. The Labute approximate surface area is 276 Å². The number of nitrogens with one attached hydrogen (secondary N) is 1. The summed E-state index contributed by atoms with van der Waals surface area (Å²) in [6, 6.07) is 6.19. The Morgan fingerprint density at radius 3 is 2.42 bits per heavy atom. The molecule has 0 unspecified atom stereocenters. The molecule has 18 heteroatoms. The molecular weight excluding hydrogens is 689 g/mol. The zero-order valence-corrected chi connectivity index (χ0v) is 26.0. The second-order valence-electron chi connectivity index (χ2n) is 11.1. The fourth-order valence-electron chi connectivity index (χ4n) is 5.65. The first kappa shape index (κ1) is 33.2. The van der Waals surface area contributed by atoms with Gasteiger partial charge in [0, 0.05) is 46.1 Å². The molecule has 0 fully saturated rings. The fraction of sp³-hybridized carbons (Fsp3) is 0.267. The number of hydrogen-bond donors (Lipinski definition) is 1. The van der Waals surface area contributed by atoms with Gasteiger partial charge in [-0.1, -0.05) is 41.8 Å². The summed E-state index contributed by atoms with van der Waals surface area (Å²) in [5.74, 6) is -1.27. The quantitative estimate of drug-likeness (QED) is 0.194. The highest BCUT2D eigenvalue weighted by molar-refractivity contribution is 6.31. The van der Waals surface area contributed by atoms with Crippen molar-refractivity contribution in [2.24, 2.45) is 5.92 Å². The van der Waals surface area contributed by atoms with Gasteiger partial charge in [0.15, 0.2) is 5.15 Å². The molecule has 0 saturated carbocycles. The number of anilines is 1. The lowest BCUT2D eigenvalue weighted by Crippen LogP contribution is -2.29. The third-order valence-electron chi connectivity index (χ3n) is 7.91. The van der Waals surface area contributed by atoms with Gasteiger partial charge in [-0.25, -0.2) is 4.68 Å². The molecule has 4 aromatic heterocycles. The van der Waals surface area contributed by atoms with E-state index in [9.17, 15) is 35.9 Å². The van der Waals surface area contributed by atoms with E-state index in [4.69, 9.17) is 23.2 Å². The van der Waals surface area contributed by atoms with E-state index in [-0.39, 0.29) is 62.3 Å². The lowest BCUT2D eigenvalue weighted by atomic mass is 9.95. The van der Waals surface area contributed by atoms with E-state index in [1.807, 2.05) is 0 Å². The molecule has 2 atom stereocenters. The van der Waals surface area contributed by atoms with Crippen LogP contribution in [0, 0.1) is 5.92 Å². The molecule has 1 aliphatic heterocycles. The number of hydrogen-bond acceptors (Lipinski definition) is 6. The predicted molar refractivity (Wildman–Crippen MR) is 163 cm³/mol. The summed E-state index contributed by atoms with van der Waals surface area (Å²) in [6.07, 6.45) is -5.52. The van der Waals surface area contributed by atoms with Gasteiger partial charge >= 0.3 is 12.5 Å². The van der Waals surface area contributed by atoms with Crippen LogP contribution in [0.3, 0.4) is 0 Å². The van der Waals surface area contributed by atoms with E-state index in [1.54, 1.807) is 6.92 Å². The van der Waals surface area contributed by atoms with Crippen LogP contribution in [0.1, 0.15) is 43.5 Å². The summed E-state index contributed by atoms with van der Waals surface area (Å²) in [4.78, 5) is 31.0. The predicted octanol–water partition coefficient (Wildman–Crippen LogP) is 7.50. The summed E-state index contributed by atoms with van der Waals surface area (Å²) in [5, 5.41) is 13.5. The number of aromatic nitrogens is 7. The average Bonchev–Trinajstić information content (AvgIpc) is 3.64. The number of halogens is 8. The molecule has 0 aliphatic carbocycles. The molecule has 48 heavy (non-hydrogen) atoms. The van der Waals surface area contributed by atoms with Crippen molar-refractivity contribution in [1.82, 2.24) is 34.3 Å². The number of alkyl halides is 6. The minimum atomic E-state index is -4.99. The smallest absolute Gasteiger partial charge is 0.323 e. The molecule has 5 aromatic rings. The second kappa shape index (κ2) is 12.4. The molecule has 10 nitrogen and oxygen atoms in total. The number of carbonyl (C=O) groups is 1.